The largest absolute Gasteiger partial charge is 0.417 e. The van der Waals surface area contributed by atoms with Gasteiger partial charge in [-0.3, -0.25) is 9.88 Å². The van der Waals surface area contributed by atoms with Crippen LogP contribution in [0.2, 0.25) is 0 Å². The molecule has 2 aliphatic heterocycles. The van der Waals surface area contributed by atoms with Gasteiger partial charge in [-0.05, 0) is 48.4 Å². The van der Waals surface area contributed by atoms with Crippen molar-refractivity contribution in [3.05, 3.63) is 64.1 Å². The van der Waals surface area contributed by atoms with Crippen LogP contribution in [0.5, 0.6) is 0 Å². The summed E-state index contributed by atoms with van der Waals surface area (Å²) in [6.07, 6.45) is 2.80. The monoisotopic (exact) mass is 427 g/mol. The number of aromatic amines is 1. The summed E-state index contributed by atoms with van der Waals surface area (Å²) in [6, 6.07) is 13.2. The Morgan fingerprint density at radius 1 is 1.03 bits per heavy atom. The van der Waals surface area contributed by atoms with Crippen molar-refractivity contribution in [1.82, 2.24) is 14.2 Å². The van der Waals surface area contributed by atoms with Crippen molar-refractivity contribution in [1.29, 1.82) is 0 Å². The lowest BCUT2D eigenvalue weighted by molar-refractivity contribution is 0.171. The molecule has 2 aliphatic rings. The Morgan fingerprint density at radius 2 is 1.80 bits per heavy atom. The van der Waals surface area contributed by atoms with Crippen LogP contribution in [0.1, 0.15) is 24.0 Å². The smallest absolute Gasteiger partial charge is 0.408 e. The first kappa shape index (κ1) is 19.5. The van der Waals surface area contributed by atoms with Crippen LogP contribution in [0.3, 0.4) is 0 Å². The minimum atomic E-state index is -3.60. The summed E-state index contributed by atoms with van der Waals surface area (Å²) >= 11 is 0. The summed E-state index contributed by atoms with van der Waals surface area (Å²) in [5.41, 5.74) is 3.63. The Hall–Kier alpha value is -2.42. The highest BCUT2D eigenvalue weighted by Gasteiger charge is 2.31. The number of nitrogens with zero attached hydrogens (tertiary/aromatic N) is 2. The predicted molar refractivity (Wildman–Crippen MR) is 114 cm³/mol. The molecule has 1 aromatic heterocycles. The van der Waals surface area contributed by atoms with E-state index in [0.717, 1.165) is 38.9 Å². The van der Waals surface area contributed by atoms with E-state index in [-0.39, 0.29) is 10.5 Å². The van der Waals surface area contributed by atoms with E-state index >= 15 is 0 Å². The third-order valence-electron chi connectivity index (χ3n) is 6.33. The quantitative estimate of drug-likeness (QED) is 0.692. The summed E-state index contributed by atoms with van der Waals surface area (Å²) in [5.74, 6) is -0.0763. The van der Waals surface area contributed by atoms with Gasteiger partial charge in [0.1, 0.15) is 0 Å². The van der Waals surface area contributed by atoms with Gasteiger partial charge < -0.3 is 4.42 Å². The number of H-pyrrole nitrogens is 1. The van der Waals surface area contributed by atoms with E-state index in [2.05, 4.69) is 34.1 Å². The van der Waals surface area contributed by atoms with Crippen molar-refractivity contribution in [2.45, 2.75) is 30.7 Å². The molecule has 1 fully saturated rings. The van der Waals surface area contributed by atoms with Gasteiger partial charge in [0.05, 0.1) is 10.4 Å². The third kappa shape index (κ3) is 3.71. The van der Waals surface area contributed by atoms with Crippen molar-refractivity contribution in [2.24, 2.45) is 5.92 Å². The van der Waals surface area contributed by atoms with Gasteiger partial charge in [-0.25, -0.2) is 13.2 Å². The molecule has 0 unspecified atom stereocenters. The van der Waals surface area contributed by atoms with Gasteiger partial charge >= 0.3 is 5.76 Å². The summed E-state index contributed by atoms with van der Waals surface area (Å²) in [7, 11) is -3.60. The molecule has 0 saturated carbocycles. The van der Waals surface area contributed by atoms with E-state index in [4.69, 9.17) is 4.42 Å². The fourth-order valence-corrected chi connectivity index (χ4v) is 6.13. The normalized spacial score (nSPS) is 19.2. The van der Waals surface area contributed by atoms with Gasteiger partial charge in [0.2, 0.25) is 10.0 Å². The number of nitrogens with one attached hydrogen (secondary N) is 1. The molecular formula is C22H25N3O4S. The highest BCUT2D eigenvalue weighted by molar-refractivity contribution is 7.89. The van der Waals surface area contributed by atoms with Crippen molar-refractivity contribution < 1.29 is 12.8 Å². The van der Waals surface area contributed by atoms with E-state index in [0.29, 0.717) is 24.5 Å². The maximum absolute atomic E-state index is 13.1. The molecule has 8 heteroatoms. The number of rotatable bonds is 4. The molecule has 3 heterocycles. The second-order valence-corrected chi connectivity index (χ2v) is 10.2. The third-order valence-corrected chi connectivity index (χ3v) is 8.22. The van der Waals surface area contributed by atoms with Gasteiger partial charge in [0.25, 0.3) is 0 Å². The lowest BCUT2D eigenvalue weighted by Crippen LogP contribution is -2.42. The van der Waals surface area contributed by atoms with E-state index in [1.54, 1.807) is 10.4 Å². The molecule has 30 heavy (non-hydrogen) atoms. The summed E-state index contributed by atoms with van der Waals surface area (Å²) < 4.78 is 32.7. The Labute approximate surface area is 175 Å². The summed E-state index contributed by atoms with van der Waals surface area (Å²) in [6.45, 7) is 4.11. The van der Waals surface area contributed by atoms with Crippen LogP contribution in [0.25, 0.3) is 11.1 Å². The molecular weight excluding hydrogens is 402 g/mol. The molecule has 7 nitrogen and oxygen atoms in total. The number of aromatic nitrogens is 1. The molecule has 0 spiro atoms. The SMILES string of the molecule is O=c1[nH]c2ccc(S(=O)(=O)N3CCC(CN4CCc5ccccc5C4)CC3)cc2o1. The average Bonchev–Trinajstić information content (AvgIpc) is 3.13. The van der Waals surface area contributed by atoms with Crippen molar-refractivity contribution >= 4 is 21.1 Å². The molecule has 0 radical (unpaired) electrons. The molecule has 1 N–H and O–H groups in total. The zero-order valence-electron chi connectivity index (χ0n) is 16.7. The molecule has 2 aromatic carbocycles. The minimum Gasteiger partial charge on any atom is -0.408 e. The van der Waals surface area contributed by atoms with Crippen LogP contribution in [0.15, 0.2) is 56.6 Å². The molecule has 0 atom stereocenters. The van der Waals surface area contributed by atoms with Gasteiger partial charge in [-0.2, -0.15) is 4.31 Å². The first-order chi connectivity index (χ1) is 14.5. The number of piperidine rings is 1. The summed E-state index contributed by atoms with van der Waals surface area (Å²) in [5, 5.41) is 0. The topological polar surface area (TPSA) is 86.6 Å². The van der Waals surface area contributed by atoms with Crippen LogP contribution in [0, 0.1) is 5.92 Å². The molecule has 0 amide bonds. The first-order valence-corrected chi connectivity index (χ1v) is 11.9. The lowest BCUT2D eigenvalue weighted by atomic mass is 9.94. The standard InChI is InChI=1S/C22H25N3O4S/c26-22-23-20-6-5-19(13-21(20)29-22)30(27,28)25-11-7-16(8-12-25)14-24-10-9-17-3-1-2-4-18(17)15-24/h1-6,13,16H,7-12,14-15H2,(H,23,26). The van der Waals surface area contributed by atoms with E-state index in [9.17, 15) is 13.2 Å². The highest BCUT2D eigenvalue weighted by Crippen LogP contribution is 2.27. The van der Waals surface area contributed by atoms with Gasteiger partial charge in [0, 0.05) is 38.8 Å². The second-order valence-electron chi connectivity index (χ2n) is 8.27. The summed E-state index contributed by atoms with van der Waals surface area (Å²) in [4.78, 5) is 16.5. The van der Waals surface area contributed by atoms with Crippen LogP contribution >= 0.6 is 0 Å². The zero-order valence-corrected chi connectivity index (χ0v) is 17.5. The second kappa shape index (κ2) is 7.68. The number of fused-ring (bicyclic) bond motifs is 2. The van der Waals surface area contributed by atoms with Crippen LogP contribution in [0.4, 0.5) is 0 Å². The molecule has 3 aromatic rings. The van der Waals surface area contributed by atoms with Crippen LogP contribution in [-0.2, 0) is 23.0 Å². The van der Waals surface area contributed by atoms with E-state index < -0.39 is 15.8 Å². The fraction of sp³-hybridized carbons (Fsp3) is 0.409. The molecule has 1 saturated heterocycles. The zero-order chi connectivity index (χ0) is 20.7. The Bertz CT molecular complexity index is 1220. The minimum absolute atomic E-state index is 0.170. The number of sulfonamides is 1. The molecule has 0 bridgehead atoms. The van der Waals surface area contributed by atoms with Crippen molar-refractivity contribution in [2.75, 3.05) is 26.2 Å². The number of hydrogen-bond acceptors (Lipinski definition) is 5. The Morgan fingerprint density at radius 3 is 2.60 bits per heavy atom. The van der Waals surface area contributed by atoms with Crippen molar-refractivity contribution in [3.63, 3.8) is 0 Å². The molecule has 158 valence electrons. The Kier molecular flexibility index (Phi) is 5.00. The van der Waals surface area contributed by atoms with Crippen LogP contribution < -0.4 is 5.76 Å². The highest BCUT2D eigenvalue weighted by atomic mass is 32.2. The number of oxazole rings is 1. The first-order valence-electron chi connectivity index (χ1n) is 10.4. The molecule has 5 rings (SSSR count). The predicted octanol–water partition coefficient (Wildman–Crippen LogP) is 2.58. The fourth-order valence-electron chi connectivity index (χ4n) is 4.64. The van der Waals surface area contributed by atoms with E-state index in [1.165, 1.54) is 23.3 Å². The van der Waals surface area contributed by atoms with Gasteiger partial charge in [-0.1, -0.05) is 24.3 Å². The molecule has 0 aliphatic carbocycles. The van der Waals surface area contributed by atoms with Gasteiger partial charge in [0.15, 0.2) is 5.58 Å². The number of benzene rings is 2. The maximum Gasteiger partial charge on any atom is 0.417 e. The van der Waals surface area contributed by atoms with E-state index in [1.807, 2.05) is 0 Å². The Balaban J connectivity index is 1.22. The van der Waals surface area contributed by atoms with Gasteiger partial charge in [-0.15, -0.1) is 0 Å². The lowest BCUT2D eigenvalue weighted by Gasteiger charge is -2.36. The van der Waals surface area contributed by atoms with Crippen LogP contribution in [-0.4, -0.2) is 48.8 Å². The number of hydrogen-bond donors (Lipinski definition) is 1. The maximum atomic E-state index is 13.1. The van der Waals surface area contributed by atoms with Crippen molar-refractivity contribution in [3.8, 4) is 0 Å². The average molecular weight is 428 g/mol.